The predicted octanol–water partition coefficient (Wildman–Crippen LogP) is 2.26. The molecule has 9 heteroatoms. The lowest BCUT2D eigenvalue weighted by Crippen LogP contribution is -2.09. The number of carbonyl (C=O) groups is 1. The molecule has 0 spiro atoms. The van der Waals surface area contributed by atoms with Gasteiger partial charge in [0.05, 0.1) is 17.2 Å². The van der Waals surface area contributed by atoms with Crippen molar-refractivity contribution in [2.75, 3.05) is 0 Å². The van der Waals surface area contributed by atoms with Crippen molar-refractivity contribution >= 4 is 27.6 Å². The molecule has 1 aromatic carbocycles. The zero-order chi connectivity index (χ0) is 15.6. The van der Waals surface area contributed by atoms with Gasteiger partial charge in [0, 0.05) is 16.6 Å². The molecule has 110 valence electrons. The van der Waals surface area contributed by atoms with E-state index in [4.69, 9.17) is 5.11 Å². The van der Waals surface area contributed by atoms with Gasteiger partial charge in [-0.15, -0.1) is 5.10 Å². The van der Waals surface area contributed by atoms with Crippen LogP contribution in [-0.4, -0.2) is 31.0 Å². The summed E-state index contributed by atoms with van der Waals surface area (Å²) in [6, 6.07) is 4.39. The summed E-state index contributed by atoms with van der Waals surface area (Å²) in [5.74, 6) is -1.12. The van der Waals surface area contributed by atoms with Crippen molar-refractivity contribution in [3.63, 3.8) is 0 Å². The van der Waals surface area contributed by atoms with Crippen LogP contribution in [0.2, 0.25) is 0 Å². The second-order valence-electron chi connectivity index (χ2n) is 4.23. The lowest BCUT2D eigenvalue weighted by atomic mass is 10.2. The van der Waals surface area contributed by atoms with Gasteiger partial charge in [0.15, 0.2) is 5.69 Å². The second-order valence-corrected chi connectivity index (χ2v) is 5.09. The van der Waals surface area contributed by atoms with Crippen molar-refractivity contribution in [1.29, 1.82) is 0 Å². The van der Waals surface area contributed by atoms with E-state index < -0.39 is 10.9 Å². The highest BCUT2D eigenvalue weighted by molar-refractivity contribution is 9.10. The van der Waals surface area contributed by atoms with Gasteiger partial charge in [-0.2, -0.15) is 0 Å². The summed E-state index contributed by atoms with van der Waals surface area (Å²) < 4.78 is 2.04. The molecule has 0 amide bonds. The summed E-state index contributed by atoms with van der Waals surface area (Å²) in [4.78, 5) is 21.2. The van der Waals surface area contributed by atoms with E-state index in [1.807, 2.05) is 6.92 Å². The molecule has 2 rings (SSSR count). The Kier molecular flexibility index (Phi) is 4.32. The highest BCUT2D eigenvalue weighted by Crippen LogP contribution is 2.24. The lowest BCUT2D eigenvalue weighted by Gasteiger charge is -2.07. The van der Waals surface area contributed by atoms with Crippen LogP contribution in [0.25, 0.3) is 0 Å². The first kappa shape index (κ1) is 15.1. The minimum absolute atomic E-state index is 0.0221. The van der Waals surface area contributed by atoms with E-state index in [9.17, 15) is 14.9 Å². The van der Waals surface area contributed by atoms with Crippen LogP contribution in [-0.2, 0) is 13.0 Å². The quantitative estimate of drug-likeness (QED) is 0.650. The number of hydrogen-bond donors (Lipinski definition) is 1. The third kappa shape index (κ3) is 3.07. The Morgan fingerprint density at radius 1 is 1.52 bits per heavy atom. The fourth-order valence-corrected chi connectivity index (χ4v) is 2.41. The number of halogens is 1. The molecule has 0 fully saturated rings. The van der Waals surface area contributed by atoms with Gasteiger partial charge in [0.25, 0.3) is 5.69 Å². The molecule has 8 nitrogen and oxygen atoms in total. The van der Waals surface area contributed by atoms with Crippen LogP contribution in [0.5, 0.6) is 0 Å². The Morgan fingerprint density at radius 3 is 2.76 bits per heavy atom. The predicted molar refractivity (Wildman–Crippen MR) is 76.3 cm³/mol. The maximum Gasteiger partial charge on any atom is 0.358 e. The molecule has 0 unspecified atom stereocenters. The van der Waals surface area contributed by atoms with Gasteiger partial charge in [0.2, 0.25) is 0 Å². The average molecular weight is 355 g/mol. The van der Waals surface area contributed by atoms with Crippen LogP contribution in [0.15, 0.2) is 22.7 Å². The van der Waals surface area contributed by atoms with Gasteiger partial charge in [-0.1, -0.05) is 28.1 Å². The molecule has 2 aromatic rings. The molecule has 0 aliphatic rings. The smallest absolute Gasteiger partial charge is 0.358 e. The van der Waals surface area contributed by atoms with E-state index in [1.54, 1.807) is 6.07 Å². The van der Waals surface area contributed by atoms with Crippen molar-refractivity contribution < 1.29 is 14.8 Å². The Balaban J connectivity index is 2.34. The number of non-ortho nitro benzene ring substituents is 1. The monoisotopic (exact) mass is 354 g/mol. The zero-order valence-corrected chi connectivity index (χ0v) is 12.6. The maximum atomic E-state index is 11.0. The van der Waals surface area contributed by atoms with Gasteiger partial charge >= 0.3 is 5.97 Å². The standard InChI is InChI=1S/C12H11BrN4O4/c1-2-10-11(12(18)19)14-15-16(10)6-7-3-4-8(17(20)21)5-9(7)13/h3-5H,2,6H2,1H3,(H,18,19). The number of nitrogens with zero attached hydrogens (tertiary/aromatic N) is 4. The first-order valence-electron chi connectivity index (χ1n) is 6.02. The van der Waals surface area contributed by atoms with Crippen molar-refractivity contribution in [2.24, 2.45) is 0 Å². The number of carboxylic acids is 1. The number of aromatic carboxylic acids is 1. The number of nitro groups is 1. The molecule has 1 N–H and O–H groups in total. The van der Waals surface area contributed by atoms with E-state index in [0.29, 0.717) is 16.6 Å². The molecule has 0 saturated carbocycles. The maximum absolute atomic E-state index is 11.0. The van der Waals surface area contributed by atoms with Crippen LogP contribution in [0.3, 0.4) is 0 Å². The Hall–Kier alpha value is -2.29. The minimum atomic E-state index is -1.12. The number of hydrogen-bond acceptors (Lipinski definition) is 5. The molecular weight excluding hydrogens is 344 g/mol. The van der Waals surface area contributed by atoms with Crippen molar-refractivity contribution in [2.45, 2.75) is 19.9 Å². The third-order valence-electron chi connectivity index (χ3n) is 2.94. The fourth-order valence-electron chi connectivity index (χ4n) is 1.92. The summed E-state index contributed by atoms with van der Waals surface area (Å²) in [7, 11) is 0. The molecule has 0 aliphatic heterocycles. The topological polar surface area (TPSA) is 111 Å². The molecule has 0 radical (unpaired) electrons. The van der Waals surface area contributed by atoms with E-state index in [0.717, 1.165) is 5.56 Å². The fraction of sp³-hybridized carbons (Fsp3) is 0.250. The van der Waals surface area contributed by atoms with Crippen molar-refractivity contribution in [3.05, 3.63) is 49.7 Å². The van der Waals surface area contributed by atoms with Gasteiger partial charge in [-0.25, -0.2) is 9.48 Å². The van der Waals surface area contributed by atoms with Crippen LogP contribution < -0.4 is 0 Å². The minimum Gasteiger partial charge on any atom is -0.476 e. The van der Waals surface area contributed by atoms with Gasteiger partial charge in [-0.3, -0.25) is 10.1 Å². The lowest BCUT2D eigenvalue weighted by molar-refractivity contribution is -0.384. The van der Waals surface area contributed by atoms with E-state index in [2.05, 4.69) is 26.2 Å². The van der Waals surface area contributed by atoms with E-state index >= 15 is 0 Å². The normalized spacial score (nSPS) is 10.6. The highest BCUT2D eigenvalue weighted by atomic mass is 79.9. The summed E-state index contributed by atoms with van der Waals surface area (Å²) in [6.45, 7) is 2.09. The van der Waals surface area contributed by atoms with Crippen LogP contribution in [0.4, 0.5) is 5.69 Å². The summed E-state index contributed by atoms with van der Waals surface area (Å²) in [5.41, 5.74) is 1.16. The van der Waals surface area contributed by atoms with Gasteiger partial charge in [-0.05, 0) is 18.1 Å². The average Bonchev–Trinajstić information content (AvgIpc) is 2.83. The van der Waals surface area contributed by atoms with Crippen LogP contribution in [0.1, 0.15) is 28.7 Å². The first-order valence-corrected chi connectivity index (χ1v) is 6.81. The van der Waals surface area contributed by atoms with Gasteiger partial charge in [0.1, 0.15) is 0 Å². The number of aromatic nitrogens is 3. The Labute approximate surface area is 127 Å². The zero-order valence-electron chi connectivity index (χ0n) is 11.0. The number of nitro benzene ring substituents is 1. The van der Waals surface area contributed by atoms with E-state index in [1.165, 1.54) is 16.8 Å². The van der Waals surface area contributed by atoms with Crippen molar-refractivity contribution in [3.8, 4) is 0 Å². The van der Waals surface area contributed by atoms with Crippen LogP contribution >= 0.6 is 15.9 Å². The van der Waals surface area contributed by atoms with E-state index in [-0.39, 0.29) is 17.9 Å². The molecule has 0 atom stereocenters. The summed E-state index contributed by atoms with van der Waals surface area (Å²) in [5, 5.41) is 27.2. The largest absolute Gasteiger partial charge is 0.476 e. The van der Waals surface area contributed by atoms with Crippen molar-refractivity contribution in [1.82, 2.24) is 15.0 Å². The molecular formula is C12H11BrN4O4. The first-order chi connectivity index (χ1) is 9.93. The molecule has 0 bridgehead atoms. The molecule has 0 aliphatic carbocycles. The molecule has 1 aromatic heterocycles. The SMILES string of the molecule is CCc1c(C(=O)O)nnn1Cc1ccc([N+](=O)[O-])cc1Br. The Bertz CT molecular complexity index is 713. The molecule has 1 heterocycles. The number of benzene rings is 1. The molecule has 0 saturated heterocycles. The Morgan fingerprint density at radius 2 is 2.24 bits per heavy atom. The second kappa shape index (κ2) is 6.00. The number of rotatable bonds is 5. The highest BCUT2D eigenvalue weighted by Gasteiger charge is 2.18. The third-order valence-corrected chi connectivity index (χ3v) is 3.68. The van der Waals surface area contributed by atoms with Crippen LogP contribution in [0, 0.1) is 10.1 Å². The molecule has 21 heavy (non-hydrogen) atoms. The van der Waals surface area contributed by atoms with Gasteiger partial charge < -0.3 is 5.11 Å². The summed E-state index contributed by atoms with van der Waals surface area (Å²) >= 11 is 3.27. The summed E-state index contributed by atoms with van der Waals surface area (Å²) in [6.07, 6.45) is 0.471. The number of carboxylic acid groups (broad SMARTS) is 1.